The Morgan fingerprint density at radius 1 is 1.18 bits per heavy atom. The van der Waals surface area contributed by atoms with Crippen LogP contribution in [-0.2, 0) is 4.79 Å². The number of nitrogens with two attached hydrogens (primary N) is 1. The van der Waals surface area contributed by atoms with E-state index >= 15 is 0 Å². The second-order valence-corrected chi connectivity index (χ2v) is 6.31. The van der Waals surface area contributed by atoms with E-state index in [0.717, 1.165) is 32.2 Å². The zero-order valence-electron chi connectivity index (χ0n) is 11.2. The molecule has 98 valence electrons. The lowest BCUT2D eigenvalue weighted by atomic mass is 9.92. The van der Waals surface area contributed by atoms with E-state index < -0.39 is 0 Å². The predicted molar refractivity (Wildman–Crippen MR) is 69.6 cm³/mol. The standard InChI is InChI=1S/C14H26N2O/c1-14(2)9-6-10-16(14)13(17)11-7-4-3-5-8-12(11)15/h11-12H,3-10,15H2,1-2H3. The second-order valence-electron chi connectivity index (χ2n) is 6.31. The summed E-state index contributed by atoms with van der Waals surface area (Å²) in [7, 11) is 0. The topological polar surface area (TPSA) is 46.3 Å². The van der Waals surface area contributed by atoms with Gasteiger partial charge in [0, 0.05) is 18.1 Å². The summed E-state index contributed by atoms with van der Waals surface area (Å²) in [6.07, 6.45) is 7.87. The third-order valence-corrected chi connectivity index (χ3v) is 4.55. The van der Waals surface area contributed by atoms with Crippen LogP contribution in [0.3, 0.4) is 0 Å². The maximum atomic E-state index is 12.6. The maximum absolute atomic E-state index is 12.6. The highest BCUT2D eigenvalue weighted by Gasteiger charge is 2.39. The highest BCUT2D eigenvalue weighted by molar-refractivity contribution is 5.80. The highest BCUT2D eigenvalue weighted by atomic mass is 16.2. The Morgan fingerprint density at radius 3 is 2.53 bits per heavy atom. The second kappa shape index (κ2) is 4.97. The van der Waals surface area contributed by atoms with Crippen LogP contribution in [0, 0.1) is 5.92 Å². The maximum Gasteiger partial charge on any atom is 0.227 e. The van der Waals surface area contributed by atoms with Crippen LogP contribution in [0.4, 0.5) is 0 Å². The number of amides is 1. The number of hydrogen-bond acceptors (Lipinski definition) is 2. The Labute approximate surface area is 105 Å². The summed E-state index contributed by atoms with van der Waals surface area (Å²) in [5.74, 6) is 0.400. The van der Waals surface area contributed by atoms with Gasteiger partial charge in [-0.05, 0) is 39.5 Å². The molecule has 2 aliphatic rings. The van der Waals surface area contributed by atoms with E-state index in [4.69, 9.17) is 5.73 Å². The summed E-state index contributed by atoms with van der Waals surface area (Å²) in [6.45, 7) is 5.29. The fraction of sp³-hybridized carbons (Fsp3) is 0.929. The molecule has 2 rings (SSSR count). The van der Waals surface area contributed by atoms with Crippen molar-refractivity contribution in [2.75, 3.05) is 6.54 Å². The van der Waals surface area contributed by atoms with Gasteiger partial charge in [0.05, 0.1) is 5.92 Å². The lowest BCUT2D eigenvalue weighted by Gasteiger charge is -2.35. The first-order valence-corrected chi connectivity index (χ1v) is 7.09. The van der Waals surface area contributed by atoms with Crippen molar-refractivity contribution in [1.29, 1.82) is 0 Å². The van der Waals surface area contributed by atoms with Crippen LogP contribution in [0.2, 0.25) is 0 Å². The van der Waals surface area contributed by atoms with E-state index in [9.17, 15) is 4.79 Å². The summed E-state index contributed by atoms with van der Waals surface area (Å²) in [5.41, 5.74) is 6.23. The van der Waals surface area contributed by atoms with Gasteiger partial charge >= 0.3 is 0 Å². The minimum Gasteiger partial charge on any atom is -0.337 e. The number of hydrogen-bond donors (Lipinski definition) is 1. The first-order chi connectivity index (χ1) is 8.02. The van der Waals surface area contributed by atoms with Crippen molar-refractivity contribution < 1.29 is 4.79 Å². The number of carbonyl (C=O) groups excluding carboxylic acids is 1. The van der Waals surface area contributed by atoms with E-state index in [0.29, 0.717) is 5.91 Å². The first-order valence-electron chi connectivity index (χ1n) is 7.09. The van der Waals surface area contributed by atoms with Crippen LogP contribution in [0.15, 0.2) is 0 Å². The van der Waals surface area contributed by atoms with Crippen LogP contribution < -0.4 is 5.73 Å². The molecule has 3 heteroatoms. The normalized spacial score (nSPS) is 33.5. The predicted octanol–water partition coefficient (Wildman–Crippen LogP) is 2.30. The number of carbonyl (C=O) groups is 1. The first kappa shape index (κ1) is 12.9. The van der Waals surface area contributed by atoms with Gasteiger partial charge in [-0.15, -0.1) is 0 Å². The fourth-order valence-corrected chi connectivity index (χ4v) is 3.36. The number of likely N-dealkylation sites (tertiary alicyclic amines) is 1. The van der Waals surface area contributed by atoms with E-state index in [1.54, 1.807) is 0 Å². The molecule has 0 aromatic heterocycles. The average molecular weight is 238 g/mol. The Kier molecular flexibility index (Phi) is 3.76. The summed E-state index contributed by atoms with van der Waals surface area (Å²) in [5, 5.41) is 0. The van der Waals surface area contributed by atoms with Gasteiger partial charge in [-0.3, -0.25) is 4.79 Å². The molecule has 2 atom stereocenters. The third-order valence-electron chi connectivity index (χ3n) is 4.55. The molecule has 0 bridgehead atoms. The van der Waals surface area contributed by atoms with Crippen molar-refractivity contribution in [2.24, 2.45) is 11.7 Å². The molecule has 1 saturated carbocycles. The zero-order valence-corrected chi connectivity index (χ0v) is 11.2. The van der Waals surface area contributed by atoms with E-state index in [1.165, 1.54) is 19.3 Å². The van der Waals surface area contributed by atoms with Gasteiger partial charge in [-0.2, -0.15) is 0 Å². The van der Waals surface area contributed by atoms with Crippen molar-refractivity contribution in [3.63, 3.8) is 0 Å². The van der Waals surface area contributed by atoms with Crippen LogP contribution in [0.5, 0.6) is 0 Å². The quantitative estimate of drug-likeness (QED) is 0.712. The molecule has 2 N–H and O–H groups in total. The Bertz CT molecular complexity index is 288. The van der Waals surface area contributed by atoms with Crippen LogP contribution in [0.1, 0.15) is 58.8 Å². The van der Waals surface area contributed by atoms with E-state index in [-0.39, 0.29) is 17.5 Å². The molecule has 1 amide bonds. The monoisotopic (exact) mass is 238 g/mol. The van der Waals surface area contributed by atoms with Gasteiger partial charge in [0.1, 0.15) is 0 Å². The SMILES string of the molecule is CC1(C)CCCN1C(=O)C1CCCCCC1N. The molecule has 2 fully saturated rings. The van der Waals surface area contributed by atoms with Gasteiger partial charge < -0.3 is 10.6 Å². The van der Waals surface area contributed by atoms with Gasteiger partial charge in [0.25, 0.3) is 0 Å². The summed E-state index contributed by atoms with van der Waals surface area (Å²) >= 11 is 0. The molecule has 2 unspecified atom stereocenters. The molecule has 3 nitrogen and oxygen atoms in total. The lowest BCUT2D eigenvalue weighted by molar-refractivity contribution is -0.139. The average Bonchev–Trinajstić information content (AvgIpc) is 2.47. The highest BCUT2D eigenvalue weighted by Crippen LogP contribution is 2.32. The molecule has 0 radical (unpaired) electrons. The van der Waals surface area contributed by atoms with Gasteiger partial charge in [-0.1, -0.05) is 19.3 Å². The van der Waals surface area contributed by atoms with Gasteiger partial charge in [0.15, 0.2) is 0 Å². The summed E-state index contributed by atoms with van der Waals surface area (Å²) in [6, 6.07) is 0.0846. The largest absolute Gasteiger partial charge is 0.337 e. The summed E-state index contributed by atoms with van der Waals surface area (Å²) < 4.78 is 0. The molecule has 1 saturated heterocycles. The molecule has 0 aromatic rings. The van der Waals surface area contributed by atoms with Crippen molar-refractivity contribution in [3.05, 3.63) is 0 Å². The molecular formula is C14H26N2O. The Balaban J connectivity index is 2.07. The van der Waals surface area contributed by atoms with Crippen molar-refractivity contribution in [3.8, 4) is 0 Å². The number of nitrogens with zero attached hydrogens (tertiary/aromatic N) is 1. The van der Waals surface area contributed by atoms with Crippen LogP contribution >= 0.6 is 0 Å². The molecule has 17 heavy (non-hydrogen) atoms. The molecule has 1 aliphatic carbocycles. The molecule has 1 aliphatic heterocycles. The lowest BCUT2D eigenvalue weighted by Crippen LogP contribution is -2.49. The van der Waals surface area contributed by atoms with E-state index in [1.807, 2.05) is 0 Å². The van der Waals surface area contributed by atoms with Crippen molar-refractivity contribution >= 4 is 5.91 Å². The van der Waals surface area contributed by atoms with Gasteiger partial charge in [-0.25, -0.2) is 0 Å². The Morgan fingerprint density at radius 2 is 1.88 bits per heavy atom. The smallest absolute Gasteiger partial charge is 0.227 e. The third kappa shape index (κ3) is 2.65. The summed E-state index contributed by atoms with van der Waals surface area (Å²) in [4.78, 5) is 14.7. The zero-order chi connectivity index (χ0) is 12.5. The molecule has 0 aromatic carbocycles. The van der Waals surface area contributed by atoms with Crippen molar-refractivity contribution in [1.82, 2.24) is 4.90 Å². The van der Waals surface area contributed by atoms with Crippen LogP contribution in [-0.4, -0.2) is 28.9 Å². The molecule has 1 heterocycles. The number of rotatable bonds is 1. The van der Waals surface area contributed by atoms with Gasteiger partial charge in [0.2, 0.25) is 5.91 Å². The minimum atomic E-state index is 0.0447. The van der Waals surface area contributed by atoms with Crippen molar-refractivity contribution in [2.45, 2.75) is 70.4 Å². The molecule has 0 spiro atoms. The van der Waals surface area contributed by atoms with Crippen LogP contribution in [0.25, 0.3) is 0 Å². The van der Waals surface area contributed by atoms with E-state index in [2.05, 4.69) is 18.7 Å². The molecular weight excluding hydrogens is 212 g/mol. The minimum absolute atomic E-state index is 0.0447. The Hall–Kier alpha value is -0.570. The fourth-order valence-electron chi connectivity index (χ4n) is 3.36.